The second-order valence-electron chi connectivity index (χ2n) is 7.75. The number of hydrogen-bond donors (Lipinski definition) is 1. The number of ketones is 1. The number of carbonyl (C=O) groups excluding carboxylic acids is 2. The van der Waals surface area contributed by atoms with Gasteiger partial charge in [-0.25, -0.2) is 4.39 Å². The molecule has 0 spiro atoms. The van der Waals surface area contributed by atoms with Crippen LogP contribution in [-0.2, 0) is 9.59 Å². The summed E-state index contributed by atoms with van der Waals surface area (Å²) in [6, 6.07) is 20.2. The highest BCUT2D eigenvalue weighted by Gasteiger charge is 2.46. The zero-order valence-electron chi connectivity index (χ0n) is 17.7. The van der Waals surface area contributed by atoms with Crippen LogP contribution >= 0.6 is 0 Å². The Morgan fingerprint density at radius 2 is 1.66 bits per heavy atom. The van der Waals surface area contributed by atoms with E-state index in [2.05, 4.69) is 0 Å². The van der Waals surface area contributed by atoms with Crippen molar-refractivity contribution >= 4 is 23.1 Å². The number of halogens is 1. The molecule has 0 saturated carbocycles. The van der Waals surface area contributed by atoms with Crippen LogP contribution in [0.5, 0.6) is 5.75 Å². The van der Waals surface area contributed by atoms with Gasteiger partial charge in [0.05, 0.1) is 17.7 Å². The predicted octanol–water partition coefficient (Wildman–Crippen LogP) is 5.24. The highest BCUT2D eigenvalue weighted by molar-refractivity contribution is 6.51. The van der Waals surface area contributed by atoms with Crippen molar-refractivity contribution in [1.82, 2.24) is 0 Å². The van der Waals surface area contributed by atoms with Gasteiger partial charge in [0.1, 0.15) is 17.3 Å². The molecule has 1 fully saturated rings. The minimum absolute atomic E-state index is 0.0350. The summed E-state index contributed by atoms with van der Waals surface area (Å²) in [7, 11) is 0. The van der Waals surface area contributed by atoms with Gasteiger partial charge in [-0.3, -0.25) is 14.5 Å². The maximum Gasteiger partial charge on any atom is 0.300 e. The molecule has 3 aromatic carbocycles. The number of carbonyl (C=O) groups is 2. The average Bonchev–Trinajstić information content (AvgIpc) is 3.05. The molecule has 1 aliphatic heterocycles. The maximum atomic E-state index is 13.5. The Morgan fingerprint density at radius 1 is 0.969 bits per heavy atom. The lowest BCUT2D eigenvalue weighted by molar-refractivity contribution is -0.132. The Hall–Kier alpha value is -3.93. The summed E-state index contributed by atoms with van der Waals surface area (Å²) in [5.41, 5.74) is 1.33. The fourth-order valence-corrected chi connectivity index (χ4v) is 3.80. The van der Waals surface area contributed by atoms with Crippen molar-refractivity contribution in [2.24, 2.45) is 0 Å². The number of anilines is 1. The van der Waals surface area contributed by atoms with Gasteiger partial charge in [-0.2, -0.15) is 0 Å². The van der Waals surface area contributed by atoms with Crippen LogP contribution in [0, 0.1) is 5.82 Å². The van der Waals surface area contributed by atoms with Gasteiger partial charge in [-0.1, -0.05) is 42.5 Å². The molecule has 32 heavy (non-hydrogen) atoms. The maximum absolute atomic E-state index is 13.5. The van der Waals surface area contributed by atoms with Crippen LogP contribution in [0.3, 0.4) is 0 Å². The van der Waals surface area contributed by atoms with Crippen LogP contribution in [0.15, 0.2) is 84.4 Å². The standard InChI is InChI=1S/C26H22FNO4/c1-16(2)32-21-10-6-9-18(15-21)24(29)22-23(17-7-4-3-5-8-17)28(26(31)25(22)30)20-13-11-19(27)12-14-20/h3-16,23,29H,1-2H3/b24-22-. The molecule has 6 heteroatoms. The fraction of sp³-hybridized carbons (Fsp3) is 0.154. The second-order valence-corrected chi connectivity index (χ2v) is 7.75. The smallest absolute Gasteiger partial charge is 0.300 e. The third-order valence-corrected chi connectivity index (χ3v) is 5.14. The van der Waals surface area contributed by atoms with E-state index in [0.717, 1.165) is 0 Å². The Labute approximate surface area is 185 Å². The molecule has 4 rings (SSSR count). The number of hydrogen-bond acceptors (Lipinski definition) is 4. The lowest BCUT2D eigenvalue weighted by atomic mass is 9.95. The van der Waals surface area contributed by atoms with Crippen molar-refractivity contribution in [1.29, 1.82) is 0 Å². The average molecular weight is 431 g/mol. The van der Waals surface area contributed by atoms with Crippen molar-refractivity contribution in [3.8, 4) is 5.75 Å². The van der Waals surface area contributed by atoms with Crippen molar-refractivity contribution < 1.29 is 23.8 Å². The van der Waals surface area contributed by atoms with Gasteiger partial charge in [0.15, 0.2) is 0 Å². The number of amides is 1. The summed E-state index contributed by atoms with van der Waals surface area (Å²) >= 11 is 0. The van der Waals surface area contributed by atoms with Crippen LogP contribution in [0.2, 0.25) is 0 Å². The largest absolute Gasteiger partial charge is 0.507 e. The van der Waals surface area contributed by atoms with Gasteiger partial charge >= 0.3 is 0 Å². The van der Waals surface area contributed by atoms with Gasteiger partial charge in [0, 0.05) is 11.3 Å². The number of benzene rings is 3. The van der Waals surface area contributed by atoms with E-state index in [4.69, 9.17) is 4.74 Å². The second kappa shape index (κ2) is 8.67. The Kier molecular flexibility index (Phi) is 5.77. The monoisotopic (exact) mass is 431 g/mol. The molecule has 0 aliphatic carbocycles. The molecule has 5 nitrogen and oxygen atoms in total. The van der Waals surface area contributed by atoms with E-state index in [0.29, 0.717) is 22.6 Å². The number of aliphatic hydroxyl groups excluding tert-OH is 1. The SMILES string of the molecule is CC(C)Oc1cccc(/C(O)=C2/C(=O)C(=O)N(c3ccc(F)cc3)C2c2ccccc2)c1. The first-order chi connectivity index (χ1) is 15.4. The molecule has 1 aliphatic rings. The molecule has 1 saturated heterocycles. The first kappa shape index (κ1) is 21.3. The topological polar surface area (TPSA) is 66.8 Å². The molecular weight excluding hydrogens is 409 g/mol. The summed E-state index contributed by atoms with van der Waals surface area (Å²) < 4.78 is 19.2. The third kappa shape index (κ3) is 3.99. The molecule has 0 bridgehead atoms. The van der Waals surface area contributed by atoms with Crippen LogP contribution in [0.4, 0.5) is 10.1 Å². The van der Waals surface area contributed by atoms with E-state index in [1.54, 1.807) is 48.5 Å². The van der Waals surface area contributed by atoms with E-state index < -0.39 is 23.5 Å². The zero-order chi connectivity index (χ0) is 22.8. The van der Waals surface area contributed by atoms with Gasteiger partial charge in [0.2, 0.25) is 0 Å². The normalized spacial score (nSPS) is 17.8. The highest BCUT2D eigenvalue weighted by Crippen LogP contribution is 2.42. The van der Waals surface area contributed by atoms with Crippen LogP contribution in [-0.4, -0.2) is 22.9 Å². The third-order valence-electron chi connectivity index (χ3n) is 5.14. The van der Waals surface area contributed by atoms with E-state index in [1.165, 1.54) is 29.2 Å². The molecule has 1 atom stereocenters. The summed E-state index contributed by atoms with van der Waals surface area (Å²) in [5.74, 6) is -1.81. The summed E-state index contributed by atoms with van der Waals surface area (Å²) in [6.07, 6.45) is -0.0687. The predicted molar refractivity (Wildman–Crippen MR) is 120 cm³/mol. The Morgan fingerprint density at radius 3 is 2.31 bits per heavy atom. The van der Waals surface area contributed by atoms with Crippen molar-refractivity contribution in [3.05, 3.63) is 101 Å². The number of ether oxygens (including phenoxy) is 1. The van der Waals surface area contributed by atoms with Crippen LogP contribution < -0.4 is 9.64 Å². The molecule has 1 unspecified atom stereocenters. The summed E-state index contributed by atoms with van der Waals surface area (Å²) in [4.78, 5) is 27.4. The molecule has 0 aromatic heterocycles. The lowest BCUT2D eigenvalue weighted by Crippen LogP contribution is -2.29. The van der Waals surface area contributed by atoms with E-state index in [9.17, 15) is 19.1 Å². The van der Waals surface area contributed by atoms with Gasteiger partial charge in [-0.05, 0) is 55.8 Å². The quantitative estimate of drug-likeness (QED) is 0.341. The molecule has 1 N–H and O–H groups in total. The van der Waals surface area contributed by atoms with Crippen molar-refractivity contribution in [2.45, 2.75) is 26.0 Å². The lowest BCUT2D eigenvalue weighted by Gasteiger charge is -2.25. The minimum Gasteiger partial charge on any atom is -0.507 e. The molecule has 0 radical (unpaired) electrons. The van der Waals surface area contributed by atoms with Crippen LogP contribution in [0.1, 0.15) is 31.0 Å². The van der Waals surface area contributed by atoms with Gasteiger partial charge in [0.25, 0.3) is 11.7 Å². The van der Waals surface area contributed by atoms with Crippen molar-refractivity contribution in [2.75, 3.05) is 4.90 Å². The molecule has 1 amide bonds. The van der Waals surface area contributed by atoms with E-state index in [1.807, 2.05) is 19.9 Å². The zero-order valence-corrected chi connectivity index (χ0v) is 17.7. The number of nitrogens with zero attached hydrogens (tertiary/aromatic N) is 1. The summed E-state index contributed by atoms with van der Waals surface area (Å²) in [6.45, 7) is 3.77. The molecule has 162 valence electrons. The first-order valence-corrected chi connectivity index (χ1v) is 10.3. The Balaban J connectivity index is 1.89. The molecule has 3 aromatic rings. The molecule has 1 heterocycles. The van der Waals surface area contributed by atoms with E-state index in [-0.39, 0.29) is 17.4 Å². The van der Waals surface area contributed by atoms with Gasteiger partial charge in [-0.15, -0.1) is 0 Å². The van der Waals surface area contributed by atoms with E-state index >= 15 is 0 Å². The van der Waals surface area contributed by atoms with Crippen molar-refractivity contribution in [3.63, 3.8) is 0 Å². The molecular formula is C26H22FNO4. The highest BCUT2D eigenvalue weighted by atomic mass is 19.1. The number of rotatable bonds is 5. The first-order valence-electron chi connectivity index (χ1n) is 10.3. The summed E-state index contributed by atoms with van der Waals surface area (Å²) in [5, 5.41) is 11.2. The number of Topliss-reactive ketones (excluding diaryl/α,β-unsaturated/α-hetero) is 1. The number of aliphatic hydroxyl groups is 1. The Bertz CT molecular complexity index is 1190. The minimum atomic E-state index is -0.865. The van der Waals surface area contributed by atoms with Gasteiger partial charge < -0.3 is 9.84 Å². The van der Waals surface area contributed by atoms with Crippen LogP contribution in [0.25, 0.3) is 5.76 Å². The fourth-order valence-electron chi connectivity index (χ4n) is 3.80.